The van der Waals surface area contributed by atoms with Crippen LogP contribution in [0.5, 0.6) is 0 Å². The van der Waals surface area contributed by atoms with Gasteiger partial charge in [0.1, 0.15) is 6.04 Å². The van der Waals surface area contributed by atoms with Gasteiger partial charge >= 0.3 is 0 Å². The largest absolute Gasteiger partial charge is 0.394 e. The number of amides is 3. The van der Waals surface area contributed by atoms with E-state index in [0.29, 0.717) is 18.5 Å². The van der Waals surface area contributed by atoms with Gasteiger partial charge in [0.25, 0.3) is 0 Å². The number of nitrogens with one attached hydrogen (secondary N) is 2. The highest BCUT2D eigenvalue weighted by atomic mass is 32.2. The first-order valence-corrected chi connectivity index (χ1v) is 14.0. The first-order chi connectivity index (χ1) is 16.8. The van der Waals surface area contributed by atoms with Crippen molar-refractivity contribution in [2.24, 2.45) is 17.3 Å². The van der Waals surface area contributed by atoms with Crippen LogP contribution in [0, 0.1) is 17.3 Å². The molecule has 0 aromatic heterocycles. The molecule has 3 N–H and O–H groups in total. The number of aliphatic hydroxyl groups excluding tert-OH is 1. The second-order valence-electron chi connectivity index (χ2n) is 12.5. The Labute approximate surface area is 219 Å². The van der Waals surface area contributed by atoms with Crippen molar-refractivity contribution in [2.75, 3.05) is 11.9 Å². The Kier molecular flexibility index (Phi) is 7.25. The van der Waals surface area contributed by atoms with Crippen LogP contribution in [0.25, 0.3) is 0 Å². The highest BCUT2D eigenvalue weighted by Crippen LogP contribution is 2.66. The number of benzene rings is 1. The molecule has 3 amide bonds. The molecule has 8 heteroatoms. The molecule has 36 heavy (non-hydrogen) atoms. The van der Waals surface area contributed by atoms with E-state index in [1.54, 1.807) is 16.7 Å². The highest BCUT2D eigenvalue weighted by molar-refractivity contribution is 8.02. The first kappa shape index (κ1) is 27.0. The van der Waals surface area contributed by atoms with E-state index in [2.05, 4.69) is 31.4 Å². The Morgan fingerprint density at radius 2 is 1.83 bits per heavy atom. The lowest BCUT2D eigenvalue weighted by atomic mass is 9.70. The number of carbonyl (C=O) groups excluding carboxylic acids is 3. The number of para-hydroxylation sites is 1. The Morgan fingerprint density at radius 3 is 2.42 bits per heavy atom. The molecule has 3 aliphatic heterocycles. The number of fused-ring (bicyclic) bond motifs is 1. The van der Waals surface area contributed by atoms with Crippen molar-refractivity contribution >= 4 is 35.2 Å². The average Bonchev–Trinajstić information content (AvgIpc) is 3.41. The van der Waals surface area contributed by atoms with Crippen molar-refractivity contribution in [3.05, 3.63) is 30.3 Å². The fourth-order valence-corrected chi connectivity index (χ4v) is 9.22. The summed E-state index contributed by atoms with van der Waals surface area (Å²) in [6.07, 6.45) is 2.82. The van der Waals surface area contributed by atoms with Crippen LogP contribution in [0.2, 0.25) is 0 Å². The van der Waals surface area contributed by atoms with Crippen LogP contribution in [0.1, 0.15) is 67.2 Å². The molecule has 3 heterocycles. The van der Waals surface area contributed by atoms with Crippen molar-refractivity contribution in [2.45, 2.75) is 94.8 Å². The van der Waals surface area contributed by atoms with E-state index in [1.807, 2.05) is 51.1 Å². The average molecular weight is 516 g/mol. The molecule has 4 rings (SSSR count). The first-order valence-electron chi connectivity index (χ1n) is 13.1. The van der Waals surface area contributed by atoms with E-state index in [9.17, 15) is 19.5 Å². The smallest absolute Gasteiger partial charge is 0.244 e. The maximum Gasteiger partial charge on any atom is 0.244 e. The van der Waals surface area contributed by atoms with Crippen LogP contribution in [0.15, 0.2) is 30.3 Å². The molecule has 3 aliphatic rings. The maximum absolute atomic E-state index is 14.0. The Balaban J connectivity index is 1.68. The Bertz CT molecular complexity index is 1000. The summed E-state index contributed by atoms with van der Waals surface area (Å²) < 4.78 is -0.662. The van der Waals surface area contributed by atoms with Gasteiger partial charge in [-0.2, -0.15) is 0 Å². The van der Waals surface area contributed by atoms with Gasteiger partial charge in [-0.15, -0.1) is 11.8 Å². The number of thioether (sulfide) groups is 1. The number of nitrogens with zero attached hydrogens (tertiary/aromatic N) is 1. The summed E-state index contributed by atoms with van der Waals surface area (Å²) in [6, 6.07) is 8.11. The van der Waals surface area contributed by atoms with Gasteiger partial charge in [-0.3, -0.25) is 14.4 Å². The number of hydrogen-bond acceptors (Lipinski definition) is 5. The van der Waals surface area contributed by atoms with Gasteiger partial charge in [0, 0.05) is 16.5 Å². The van der Waals surface area contributed by atoms with Gasteiger partial charge in [-0.25, -0.2) is 0 Å². The zero-order chi connectivity index (χ0) is 26.5. The van der Waals surface area contributed by atoms with Crippen LogP contribution in [0.3, 0.4) is 0 Å². The summed E-state index contributed by atoms with van der Waals surface area (Å²) in [7, 11) is 0. The normalized spacial score (nSPS) is 30.3. The van der Waals surface area contributed by atoms with Crippen LogP contribution in [0.4, 0.5) is 5.69 Å². The van der Waals surface area contributed by atoms with E-state index in [1.165, 1.54) is 0 Å². The predicted octanol–water partition coefficient (Wildman–Crippen LogP) is 3.82. The van der Waals surface area contributed by atoms with Crippen molar-refractivity contribution in [3.63, 3.8) is 0 Å². The molecule has 2 bridgehead atoms. The topological polar surface area (TPSA) is 98.7 Å². The highest BCUT2D eigenvalue weighted by Gasteiger charge is 2.74. The number of hydrogen-bond donors (Lipinski definition) is 3. The minimum Gasteiger partial charge on any atom is -0.394 e. The Morgan fingerprint density at radius 1 is 1.17 bits per heavy atom. The molecule has 198 valence electrons. The fraction of sp³-hybridized carbons (Fsp3) is 0.679. The quantitative estimate of drug-likeness (QED) is 0.489. The number of aliphatic hydroxyl groups is 1. The van der Waals surface area contributed by atoms with E-state index < -0.39 is 34.2 Å². The van der Waals surface area contributed by atoms with Gasteiger partial charge < -0.3 is 20.6 Å². The summed E-state index contributed by atoms with van der Waals surface area (Å²) in [4.78, 5) is 43.2. The van der Waals surface area contributed by atoms with E-state index in [4.69, 9.17) is 0 Å². The van der Waals surface area contributed by atoms with Crippen LogP contribution < -0.4 is 10.6 Å². The van der Waals surface area contributed by atoms with Gasteiger partial charge in [0.2, 0.25) is 17.7 Å². The van der Waals surface area contributed by atoms with Crippen molar-refractivity contribution in [3.8, 4) is 0 Å². The lowest BCUT2D eigenvalue weighted by Crippen LogP contribution is -2.60. The van der Waals surface area contributed by atoms with E-state index >= 15 is 0 Å². The van der Waals surface area contributed by atoms with Crippen molar-refractivity contribution < 1.29 is 19.5 Å². The third kappa shape index (κ3) is 4.78. The lowest BCUT2D eigenvalue weighted by molar-refractivity contribution is -0.142. The number of anilines is 1. The Hall–Kier alpha value is -2.06. The SMILES string of the molecule is CC[C@@H](CO)N1C(=O)[C@@H]2[C@H](C(=O)Nc3ccccc3)[C@@H]3CCC2(S3)C1C(=O)NC(C)(C)CC(C)(C)C. The molecule has 3 saturated heterocycles. The molecule has 3 fully saturated rings. The minimum atomic E-state index is -0.712. The summed E-state index contributed by atoms with van der Waals surface area (Å²) in [5, 5.41) is 16.4. The molecular weight excluding hydrogens is 474 g/mol. The second kappa shape index (κ2) is 9.67. The monoisotopic (exact) mass is 515 g/mol. The molecule has 1 aromatic carbocycles. The molecule has 0 aliphatic carbocycles. The van der Waals surface area contributed by atoms with Crippen LogP contribution in [-0.2, 0) is 14.4 Å². The zero-order valence-electron chi connectivity index (χ0n) is 22.3. The molecule has 0 saturated carbocycles. The number of likely N-dealkylation sites (tertiary alicyclic amines) is 1. The van der Waals surface area contributed by atoms with Crippen molar-refractivity contribution in [1.82, 2.24) is 10.2 Å². The van der Waals surface area contributed by atoms with Gasteiger partial charge in [0.05, 0.1) is 29.2 Å². The number of carbonyl (C=O) groups is 3. The lowest BCUT2D eigenvalue weighted by Gasteiger charge is -2.40. The third-order valence-corrected chi connectivity index (χ3v) is 9.79. The molecule has 7 nitrogen and oxygen atoms in total. The molecule has 6 atom stereocenters. The molecule has 1 aromatic rings. The van der Waals surface area contributed by atoms with Gasteiger partial charge in [0.15, 0.2) is 0 Å². The molecule has 0 radical (unpaired) electrons. The number of rotatable bonds is 8. The summed E-state index contributed by atoms with van der Waals surface area (Å²) in [5.41, 5.74) is 0.248. The standard InChI is InChI=1S/C28H41N3O4S/c1-7-18(15-32)31-22(24(34)30-27(5,6)16-26(2,3)4)28-14-13-19(36-28)20(21(28)25(31)35)23(33)29-17-11-9-8-10-12-17/h8-12,18-22,32H,7,13-16H2,1-6H3,(H,29,33)(H,30,34)/t18-,19-,20+,21-,22?,28?/m0/s1. The molecule has 2 unspecified atom stereocenters. The third-order valence-electron chi connectivity index (χ3n) is 7.84. The summed E-state index contributed by atoms with van der Waals surface area (Å²) in [6.45, 7) is 12.2. The van der Waals surface area contributed by atoms with Crippen LogP contribution in [-0.4, -0.2) is 62.0 Å². The molecule has 1 spiro atoms. The maximum atomic E-state index is 14.0. The zero-order valence-corrected chi connectivity index (χ0v) is 23.2. The second-order valence-corrected chi connectivity index (χ2v) is 14.1. The van der Waals surface area contributed by atoms with Gasteiger partial charge in [-0.05, 0) is 57.1 Å². The summed E-state index contributed by atoms with van der Waals surface area (Å²) >= 11 is 1.65. The van der Waals surface area contributed by atoms with E-state index in [-0.39, 0.29) is 35.0 Å². The summed E-state index contributed by atoms with van der Waals surface area (Å²) in [5.74, 6) is -1.59. The predicted molar refractivity (Wildman–Crippen MR) is 143 cm³/mol. The minimum absolute atomic E-state index is 0.00287. The molecular formula is C28H41N3O4S. The van der Waals surface area contributed by atoms with E-state index in [0.717, 1.165) is 12.8 Å². The van der Waals surface area contributed by atoms with Gasteiger partial charge in [-0.1, -0.05) is 45.9 Å². The van der Waals surface area contributed by atoms with Crippen molar-refractivity contribution in [1.29, 1.82) is 0 Å². The van der Waals surface area contributed by atoms with Crippen LogP contribution >= 0.6 is 11.8 Å². The fourth-order valence-electron chi connectivity index (χ4n) is 7.02.